The van der Waals surface area contributed by atoms with Crippen LogP contribution in [0.1, 0.15) is 22.8 Å². The summed E-state index contributed by atoms with van der Waals surface area (Å²) in [6.45, 7) is -0.0730. The Kier molecular flexibility index (Phi) is 7.53. The molecule has 1 amide bonds. The van der Waals surface area contributed by atoms with Gasteiger partial charge in [0, 0.05) is 19.2 Å². The van der Waals surface area contributed by atoms with Crippen LogP contribution < -0.4 is 4.74 Å². The second-order valence-electron chi connectivity index (χ2n) is 5.79. The minimum absolute atomic E-state index is 0.0253. The van der Waals surface area contributed by atoms with E-state index in [9.17, 15) is 13.6 Å². The molecule has 6 heteroatoms. The van der Waals surface area contributed by atoms with Crippen LogP contribution in [0, 0.1) is 0 Å². The number of nitrogens with zero attached hydrogens (tertiary/aromatic N) is 1. The van der Waals surface area contributed by atoms with Gasteiger partial charge in [-0.15, -0.1) is 0 Å². The molecule has 2 rings (SSSR count). The molecule has 0 aromatic heterocycles. The van der Waals surface area contributed by atoms with E-state index in [1.54, 1.807) is 12.0 Å². The number of hydrogen-bond donors (Lipinski definition) is 0. The van der Waals surface area contributed by atoms with Crippen molar-refractivity contribution in [1.82, 2.24) is 4.90 Å². The van der Waals surface area contributed by atoms with Crippen molar-refractivity contribution in [3.8, 4) is 5.75 Å². The van der Waals surface area contributed by atoms with E-state index < -0.39 is 6.61 Å². The number of methoxy groups -OCH3 is 1. The van der Waals surface area contributed by atoms with Crippen molar-refractivity contribution < 1.29 is 23.0 Å². The summed E-state index contributed by atoms with van der Waals surface area (Å²) in [4.78, 5) is 14.6. The lowest BCUT2D eigenvalue weighted by Gasteiger charge is -2.31. The number of carbonyl (C=O) groups is 1. The summed E-state index contributed by atoms with van der Waals surface area (Å²) >= 11 is 0. The molecule has 0 N–H and O–H groups in total. The number of likely N-dealkylation sites (N-methyl/N-ethyl adjacent to an activating group) is 1. The van der Waals surface area contributed by atoms with Gasteiger partial charge in [-0.1, -0.05) is 30.3 Å². The molecule has 26 heavy (non-hydrogen) atoms. The topological polar surface area (TPSA) is 38.8 Å². The number of halogens is 2. The van der Waals surface area contributed by atoms with E-state index in [-0.39, 0.29) is 17.7 Å². The third kappa shape index (κ3) is 5.52. The molecule has 140 valence electrons. The van der Waals surface area contributed by atoms with Crippen molar-refractivity contribution in [1.29, 1.82) is 0 Å². The molecular weight excluding hydrogens is 340 g/mol. The van der Waals surface area contributed by atoms with E-state index in [2.05, 4.69) is 4.74 Å². The largest absolute Gasteiger partial charge is 0.435 e. The van der Waals surface area contributed by atoms with Gasteiger partial charge in [0.1, 0.15) is 5.75 Å². The number of hydrogen-bond acceptors (Lipinski definition) is 3. The number of ether oxygens (including phenoxy) is 2. The Hall–Kier alpha value is -2.47. The van der Waals surface area contributed by atoms with Crippen molar-refractivity contribution in [2.45, 2.75) is 26.0 Å². The van der Waals surface area contributed by atoms with Gasteiger partial charge in [0.2, 0.25) is 0 Å². The minimum atomic E-state index is -2.89. The third-order valence-corrected chi connectivity index (χ3v) is 4.04. The summed E-state index contributed by atoms with van der Waals surface area (Å²) in [6.07, 6.45) is 0.667. The van der Waals surface area contributed by atoms with E-state index in [0.717, 1.165) is 5.56 Å². The van der Waals surface area contributed by atoms with Gasteiger partial charge in [-0.2, -0.15) is 8.78 Å². The molecule has 0 spiro atoms. The lowest BCUT2D eigenvalue weighted by atomic mass is 10.0. The Morgan fingerprint density at radius 1 is 1.08 bits per heavy atom. The van der Waals surface area contributed by atoms with Gasteiger partial charge in [-0.05, 0) is 43.2 Å². The second-order valence-corrected chi connectivity index (χ2v) is 5.79. The molecule has 0 aliphatic carbocycles. The zero-order valence-corrected chi connectivity index (χ0v) is 14.9. The standard InChI is InChI=1S/C20H23F2NO3/c1-3-23(17(14-25-2)13-15-7-5-4-6-8-15)19(24)16-9-11-18(12-10-16)26-20(21)22/h4-12,17,20H,3,13-14H2,1-2H3/t17-/m1/s1. The van der Waals surface area contributed by atoms with Gasteiger partial charge >= 0.3 is 6.61 Å². The fraction of sp³-hybridized carbons (Fsp3) is 0.350. The van der Waals surface area contributed by atoms with Crippen LogP contribution in [0.15, 0.2) is 54.6 Å². The molecule has 0 aliphatic rings. The molecule has 0 radical (unpaired) electrons. The predicted octanol–water partition coefficient (Wildman–Crippen LogP) is 4.01. The van der Waals surface area contributed by atoms with Gasteiger partial charge in [-0.25, -0.2) is 0 Å². The van der Waals surface area contributed by atoms with Gasteiger partial charge in [0.25, 0.3) is 5.91 Å². The number of carbonyl (C=O) groups excluding carboxylic acids is 1. The molecular formula is C20H23F2NO3. The van der Waals surface area contributed by atoms with Crippen LogP contribution in [0.5, 0.6) is 5.75 Å². The molecule has 0 aliphatic heterocycles. The number of amides is 1. The molecule has 0 fully saturated rings. The normalized spacial score (nSPS) is 12.0. The maximum atomic E-state index is 12.9. The summed E-state index contributed by atoms with van der Waals surface area (Å²) in [5, 5.41) is 0. The average molecular weight is 363 g/mol. The zero-order chi connectivity index (χ0) is 18.9. The van der Waals surface area contributed by atoms with Gasteiger partial charge in [-0.3, -0.25) is 4.79 Å². The van der Waals surface area contributed by atoms with E-state index in [1.165, 1.54) is 24.3 Å². The average Bonchev–Trinajstić information content (AvgIpc) is 2.63. The third-order valence-electron chi connectivity index (χ3n) is 4.04. The van der Waals surface area contributed by atoms with Crippen LogP contribution in [0.2, 0.25) is 0 Å². The first-order valence-corrected chi connectivity index (χ1v) is 8.43. The molecule has 0 heterocycles. The first-order chi connectivity index (χ1) is 12.5. The van der Waals surface area contributed by atoms with Crippen molar-refractivity contribution in [3.63, 3.8) is 0 Å². The first-order valence-electron chi connectivity index (χ1n) is 8.43. The highest BCUT2D eigenvalue weighted by Crippen LogP contribution is 2.18. The Bertz CT molecular complexity index is 677. The molecule has 0 saturated heterocycles. The van der Waals surface area contributed by atoms with Gasteiger partial charge in [0.05, 0.1) is 12.6 Å². The summed E-state index contributed by atoms with van der Waals surface area (Å²) in [5.74, 6) is -0.147. The Morgan fingerprint density at radius 3 is 2.27 bits per heavy atom. The summed E-state index contributed by atoms with van der Waals surface area (Å²) in [6, 6.07) is 15.5. The van der Waals surface area contributed by atoms with Gasteiger partial charge < -0.3 is 14.4 Å². The Balaban J connectivity index is 2.16. The highest BCUT2D eigenvalue weighted by molar-refractivity contribution is 5.94. The molecule has 0 unspecified atom stereocenters. The number of benzene rings is 2. The fourth-order valence-corrected chi connectivity index (χ4v) is 2.85. The highest BCUT2D eigenvalue weighted by atomic mass is 19.3. The molecule has 0 saturated carbocycles. The Labute approximate surface area is 152 Å². The van der Waals surface area contributed by atoms with E-state index >= 15 is 0 Å². The fourth-order valence-electron chi connectivity index (χ4n) is 2.85. The SMILES string of the molecule is CCN(C(=O)c1ccc(OC(F)F)cc1)[C@@H](COC)Cc1ccccc1. The molecule has 1 atom stereocenters. The first kappa shape index (κ1) is 19.8. The van der Waals surface area contributed by atoms with E-state index in [0.29, 0.717) is 25.1 Å². The van der Waals surface area contributed by atoms with E-state index in [4.69, 9.17) is 4.74 Å². The summed E-state index contributed by atoms with van der Waals surface area (Å²) in [5.41, 5.74) is 1.53. The van der Waals surface area contributed by atoms with Crippen molar-refractivity contribution in [2.24, 2.45) is 0 Å². The van der Waals surface area contributed by atoms with Crippen LogP contribution in [0.3, 0.4) is 0 Å². The number of alkyl halides is 2. The van der Waals surface area contributed by atoms with Crippen molar-refractivity contribution >= 4 is 5.91 Å². The van der Waals surface area contributed by atoms with Crippen LogP contribution >= 0.6 is 0 Å². The monoisotopic (exact) mass is 363 g/mol. The quantitative estimate of drug-likeness (QED) is 0.676. The van der Waals surface area contributed by atoms with Crippen LogP contribution in [-0.2, 0) is 11.2 Å². The predicted molar refractivity (Wildman–Crippen MR) is 95.6 cm³/mol. The van der Waals surface area contributed by atoms with Crippen LogP contribution in [0.4, 0.5) is 8.78 Å². The summed E-state index contributed by atoms with van der Waals surface area (Å²) in [7, 11) is 1.60. The molecule has 2 aromatic carbocycles. The van der Waals surface area contributed by atoms with Crippen molar-refractivity contribution in [3.05, 3.63) is 65.7 Å². The Morgan fingerprint density at radius 2 is 1.73 bits per heavy atom. The lowest BCUT2D eigenvalue weighted by molar-refractivity contribution is -0.0498. The maximum absolute atomic E-state index is 12.9. The van der Waals surface area contributed by atoms with E-state index in [1.807, 2.05) is 37.3 Å². The second kappa shape index (κ2) is 9.87. The maximum Gasteiger partial charge on any atom is 0.387 e. The minimum Gasteiger partial charge on any atom is -0.435 e. The van der Waals surface area contributed by atoms with Crippen LogP contribution in [-0.4, -0.2) is 43.7 Å². The van der Waals surface area contributed by atoms with Crippen molar-refractivity contribution in [2.75, 3.05) is 20.3 Å². The molecule has 4 nitrogen and oxygen atoms in total. The van der Waals surface area contributed by atoms with Crippen LogP contribution in [0.25, 0.3) is 0 Å². The smallest absolute Gasteiger partial charge is 0.387 e. The molecule has 0 bridgehead atoms. The summed E-state index contributed by atoms with van der Waals surface area (Å²) < 4.78 is 34.1. The van der Waals surface area contributed by atoms with Gasteiger partial charge in [0.15, 0.2) is 0 Å². The zero-order valence-electron chi connectivity index (χ0n) is 14.9. The highest BCUT2D eigenvalue weighted by Gasteiger charge is 2.24. The number of rotatable bonds is 9. The molecule has 2 aromatic rings. The lowest BCUT2D eigenvalue weighted by Crippen LogP contribution is -2.44.